The number of urea groups is 1. The van der Waals surface area contributed by atoms with Gasteiger partial charge < -0.3 is 5.32 Å². The first-order chi connectivity index (χ1) is 49.6. The molecule has 454 valence electrons. The molecule has 0 aromatic heterocycles. The minimum atomic E-state index is -1.58. The van der Waals surface area contributed by atoms with Crippen LogP contribution in [0.25, 0.3) is 291 Å². The molecular weight excluding hydrogens is 1220 g/mol. The lowest BCUT2D eigenvalue weighted by atomic mass is 9.42. The molecule has 5 nitrogen and oxygen atoms in total. The molecule has 6 aliphatic carbocycles. The highest BCUT2D eigenvalue weighted by molar-refractivity contribution is 6.82. The zero-order chi connectivity index (χ0) is 62.3. The number of aliphatic imine (C=N–C) groups is 1. The van der Waals surface area contributed by atoms with E-state index in [1.54, 1.807) is 172 Å². The van der Waals surface area contributed by atoms with E-state index in [1.807, 2.05) is 4.90 Å². The molecule has 2 saturated carbocycles. The van der Waals surface area contributed by atoms with E-state index in [-0.39, 0.29) is 24.0 Å². The fraction of sp³-hybridized carbons (Fsp3) is 0.232. The van der Waals surface area contributed by atoms with Crippen molar-refractivity contribution in [3.05, 3.63) is 93.5 Å². The molecule has 2 spiro atoms. The van der Waals surface area contributed by atoms with Crippen molar-refractivity contribution in [3.63, 3.8) is 0 Å². The van der Waals surface area contributed by atoms with E-state index in [0.717, 1.165) is 81.0 Å². The molecule has 37 rings (SSSR count). The Labute approximate surface area is 561 Å². The average molecular weight is 1260 g/mol. The van der Waals surface area contributed by atoms with Gasteiger partial charge in [-0.05, 0) is 368 Å². The quantitative estimate of drug-likeness (QED) is 0.104. The summed E-state index contributed by atoms with van der Waals surface area (Å²) in [5.74, 6) is -0.0593. The van der Waals surface area contributed by atoms with Gasteiger partial charge in [0, 0.05) is 18.5 Å². The number of amides is 3. The van der Waals surface area contributed by atoms with Crippen molar-refractivity contribution in [1.29, 1.82) is 0 Å². The fourth-order valence-corrected chi connectivity index (χ4v) is 31.4. The highest BCUT2D eigenvalue weighted by Crippen LogP contribution is 2.87. The Morgan fingerprint density at radius 3 is 1.05 bits per heavy atom. The summed E-state index contributed by atoms with van der Waals surface area (Å²) in [5, 5.41) is 86.9. The number of hydrogen-bond donors (Lipinski definition) is 1. The molecule has 100 heavy (non-hydrogen) atoms. The SMILES string of the molecule is CCCCCCc1ccc(C2=N[C@](Cc3ccccc3)(C(=O)N(C(=O)NC3CCCCC3)C3CCCCC3)C34c5c6c7c8c9c%10c(c%11c%12c3c3c5c5c%13c6c6c7c7c9c9c%14c%10c%10c%11c%11c%12c%12c3c3c5c5c%13c%13c6c6c7c9c7c9c%14c%10c%10c%11c%11c%12c3c3c5c5c%13c6c7c6c9c%10c%11c3c56)C284)cc1. The minimum absolute atomic E-state index is 0.0226. The van der Waals surface area contributed by atoms with Crippen LogP contribution in [0.15, 0.2) is 59.6 Å². The van der Waals surface area contributed by atoms with Gasteiger partial charge in [-0.3, -0.25) is 14.7 Å². The molecule has 7 aliphatic rings. The zero-order valence-corrected chi connectivity index (χ0v) is 54.4. The molecule has 0 saturated heterocycles. The Bertz CT molecular complexity index is 8520. The van der Waals surface area contributed by atoms with Crippen LogP contribution < -0.4 is 5.32 Å². The van der Waals surface area contributed by atoms with E-state index < -0.39 is 16.4 Å². The third-order valence-corrected chi connectivity index (χ3v) is 33.1. The van der Waals surface area contributed by atoms with E-state index in [1.165, 1.54) is 178 Å². The Balaban J connectivity index is 0.880. The van der Waals surface area contributed by atoms with Crippen molar-refractivity contribution in [1.82, 2.24) is 10.2 Å². The summed E-state index contributed by atoms with van der Waals surface area (Å²) in [6.45, 7) is 2.32. The van der Waals surface area contributed by atoms with E-state index in [4.69, 9.17) is 4.99 Å². The van der Waals surface area contributed by atoms with Gasteiger partial charge in [-0.25, -0.2) is 4.79 Å². The molecular formula is C95H47N3O2. The molecule has 1 heterocycles. The van der Waals surface area contributed by atoms with Gasteiger partial charge in [0.05, 0.1) is 16.5 Å². The monoisotopic (exact) mass is 1260 g/mol. The van der Waals surface area contributed by atoms with Gasteiger partial charge in [-0.1, -0.05) is 119 Å². The molecule has 5 heteroatoms. The van der Waals surface area contributed by atoms with Crippen LogP contribution in [0.5, 0.6) is 0 Å². The first-order valence-corrected chi connectivity index (χ1v) is 38.7. The summed E-state index contributed by atoms with van der Waals surface area (Å²) in [6, 6.07) is 20.8. The van der Waals surface area contributed by atoms with Crippen LogP contribution in [0.1, 0.15) is 136 Å². The molecule has 2 fully saturated rings. The topological polar surface area (TPSA) is 61.8 Å². The van der Waals surface area contributed by atoms with Gasteiger partial charge in [0.15, 0.2) is 5.54 Å². The lowest BCUT2D eigenvalue weighted by Gasteiger charge is -2.57. The second-order valence-corrected chi connectivity index (χ2v) is 35.5. The summed E-state index contributed by atoms with van der Waals surface area (Å²) in [4.78, 5) is 45.6. The summed E-state index contributed by atoms with van der Waals surface area (Å²) < 4.78 is 0. The van der Waals surface area contributed by atoms with Crippen LogP contribution in [0, 0.1) is 0 Å². The minimum Gasteiger partial charge on any atom is -0.335 e. The Morgan fingerprint density at radius 2 is 0.700 bits per heavy atom. The van der Waals surface area contributed by atoms with E-state index >= 15 is 9.59 Å². The van der Waals surface area contributed by atoms with Crippen LogP contribution >= 0.6 is 0 Å². The number of nitrogens with zero attached hydrogens (tertiary/aromatic N) is 2. The molecule has 30 aromatic carbocycles. The maximum atomic E-state index is 19.5. The summed E-state index contributed by atoms with van der Waals surface area (Å²) in [6.07, 6.45) is 16.3. The van der Waals surface area contributed by atoms with E-state index in [0.29, 0.717) is 6.42 Å². The highest BCUT2D eigenvalue weighted by Gasteiger charge is 2.83. The number of imide groups is 1. The molecule has 3 amide bonds. The van der Waals surface area contributed by atoms with Crippen LogP contribution in [0.2, 0.25) is 0 Å². The Morgan fingerprint density at radius 1 is 0.370 bits per heavy atom. The normalized spacial score (nSPS) is 22.9. The maximum Gasteiger partial charge on any atom is 0.324 e. The predicted molar refractivity (Wildman–Crippen MR) is 417 cm³/mol. The van der Waals surface area contributed by atoms with Crippen molar-refractivity contribution in [2.24, 2.45) is 4.99 Å². The predicted octanol–water partition coefficient (Wildman–Crippen LogP) is 24.1. The number of aryl methyl sites for hydroxylation is 1. The number of nitrogens with one attached hydrogen (secondary N) is 1. The first kappa shape index (κ1) is 45.2. The van der Waals surface area contributed by atoms with E-state index in [9.17, 15) is 0 Å². The fourth-order valence-electron chi connectivity index (χ4n) is 31.4. The van der Waals surface area contributed by atoms with Crippen molar-refractivity contribution in [3.8, 4) is 0 Å². The molecule has 1 N–H and O–H groups in total. The standard InChI is InChI=1S/C95H47N3O2/c1-2-3-4-8-15-27-22-24-29(25-23-27)90-94-86-78-70-60-50-42-34-32-33-36-40-38(34)46-54-48(40)58-52-44(36)45-37(33)41-39-35(32)43(42)51-57-47(39)55-49(41)59-53(45)63-62(52)74-68(58)76-66(54)72(64(70)56(46)50)80(86)82(76)88-84(74)85-75(63)69(59)77-67(55)73-65(57)71(61(51)60)79(78)87(94)81(73)83(77)89(85)95(88,94)93(97-90,26-28-16-9-5-10-17-28)91(99)98(31-20-13-7-14-21-31)92(100)96-30-18-11-6-12-19-30/h5,9-10,16-17,22-25,30-31H,2-4,6-8,11-15,18-21,26H2,1H3,(H,96,100)/t93-,94?,95?/m1/s1. The first-order valence-electron chi connectivity index (χ1n) is 38.7. The van der Waals surface area contributed by atoms with Gasteiger partial charge >= 0.3 is 6.03 Å². The molecule has 1 atom stereocenters. The number of carbonyl (C=O) groups is 2. The van der Waals surface area contributed by atoms with Gasteiger partial charge in [0.25, 0.3) is 5.91 Å². The van der Waals surface area contributed by atoms with Gasteiger partial charge in [0.1, 0.15) is 0 Å². The third-order valence-electron chi connectivity index (χ3n) is 33.1. The third kappa shape index (κ3) is 3.18. The number of carbonyl (C=O) groups excluding carboxylic acids is 2. The molecule has 0 radical (unpaired) electrons. The Hall–Kier alpha value is -10.5. The molecule has 30 aromatic rings. The second-order valence-electron chi connectivity index (χ2n) is 35.5. The smallest absolute Gasteiger partial charge is 0.324 e. The summed E-state index contributed by atoms with van der Waals surface area (Å²) in [5.41, 5.74) is 6.75. The lowest BCUT2D eigenvalue weighted by molar-refractivity contribution is -0.138. The number of hydrogen-bond acceptors (Lipinski definition) is 3. The van der Waals surface area contributed by atoms with Crippen molar-refractivity contribution in [2.45, 2.75) is 138 Å². The zero-order valence-electron chi connectivity index (χ0n) is 54.4. The molecule has 0 bridgehead atoms. The largest absolute Gasteiger partial charge is 0.335 e. The van der Waals surface area contributed by atoms with Crippen LogP contribution in [-0.2, 0) is 28.5 Å². The van der Waals surface area contributed by atoms with Crippen LogP contribution in [0.3, 0.4) is 0 Å². The maximum absolute atomic E-state index is 19.5. The average Bonchev–Trinajstić information content (AvgIpc) is 1.37. The summed E-state index contributed by atoms with van der Waals surface area (Å²) in [7, 11) is 0. The lowest BCUT2D eigenvalue weighted by Crippen LogP contribution is -2.69. The van der Waals surface area contributed by atoms with Crippen molar-refractivity contribution in [2.75, 3.05) is 0 Å². The number of unbranched alkanes of at least 4 members (excludes halogenated alkanes) is 3. The summed E-state index contributed by atoms with van der Waals surface area (Å²) >= 11 is 0. The number of benzene rings is 20. The van der Waals surface area contributed by atoms with Crippen LogP contribution in [-0.4, -0.2) is 40.2 Å². The number of rotatable bonds is 11. The molecule has 1 aliphatic heterocycles. The van der Waals surface area contributed by atoms with Gasteiger partial charge in [0.2, 0.25) is 0 Å². The van der Waals surface area contributed by atoms with Gasteiger partial charge in [-0.2, -0.15) is 0 Å². The van der Waals surface area contributed by atoms with Gasteiger partial charge in [-0.15, -0.1) is 0 Å². The Kier molecular flexibility index (Phi) is 5.53. The molecule has 0 unspecified atom stereocenters. The van der Waals surface area contributed by atoms with E-state index in [2.05, 4.69) is 66.8 Å². The van der Waals surface area contributed by atoms with Crippen LogP contribution in [0.4, 0.5) is 4.79 Å². The highest BCUT2D eigenvalue weighted by atomic mass is 16.2. The van der Waals surface area contributed by atoms with Crippen molar-refractivity contribution < 1.29 is 9.59 Å². The second kappa shape index (κ2) is 12.2. The van der Waals surface area contributed by atoms with Crippen molar-refractivity contribution >= 4 is 309 Å².